The van der Waals surface area contributed by atoms with E-state index < -0.39 is 5.97 Å². The van der Waals surface area contributed by atoms with Crippen LogP contribution in [0.1, 0.15) is 71.2 Å². The Morgan fingerprint density at radius 1 is 1.07 bits per heavy atom. The van der Waals surface area contributed by atoms with Crippen molar-refractivity contribution in [1.82, 2.24) is 9.97 Å². The Balaban J connectivity index is 1.53. The molecule has 0 radical (unpaired) electrons. The van der Waals surface area contributed by atoms with E-state index in [-0.39, 0.29) is 0 Å². The van der Waals surface area contributed by atoms with Crippen LogP contribution in [0.3, 0.4) is 0 Å². The van der Waals surface area contributed by atoms with E-state index in [1.165, 1.54) is 37.7 Å². The van der Waals surface area contributed by atoms with Crippen LogP contribution in [-0.4, -0.2) is 27.6 Å². The number of benzene rings is 2. The second-order valence-corrected chi connectivity index (χ2v) is 12.8. The molecule has 0 saturated heterocycles. The summed E-state index contributed by atoms with van der Waals surface area (Å²) in [6, 6.07) is 16.3. The number of aromatic carboxylic acids is 1. The Labute approximate surface area is 259 Å². The molecular weight excluding hydrogens is 550 g/mol. The van der Waals surface area contributed by atoms with E-state index in [1.807, 2.05) is 51.1 Å². The zero-order chi connectivity index (χ0) is 30.3. The zero-order valence-electron chi connectivity index (χ0n) is 25.5. The van der Waals surface area contributed by atoms with E-state index in [0.717, 1.165) is 55.4 Å². The average Bonchev–Trinajstić information content (AvgIpc) is 3.34. The number of hydrogen-bond acceptors (Lipinski definition) is 5. The molecule has 0 spiro atoms. The molecule has 2 heterocycles. The maximum absolute atomic E-state index is 12.1. The molecule has 43 heavy (non-hydrogen) atoms. The van der Waals surface area contributed by atoms with Crippen LogP contribution in [0.15, 0.2) is 85.0 Å². The third-order valence-electron chi connectivity index (χ3n) is 8.26. The van der Waals surface area contributed by atoms with Crippen LogP contribution in [0, 0.1) is 19.8 Å². The van der Waals surface area contributed by atoms with Gasteiger partial charge >= 0.3 is 5.97 Å². The van der Waals surface area contributed by atoms with Crippen LogP contribution in [-0.2, 0) is 13.0 Å². The third kappa shape index (κ3) is 7.49. The number of pyridine rings is 1. The highest BCUT2D eigenvalue weighted by atomic mass is 32.1. The van der Waals surface area contributed by atoms with Crippen molar-refractivity contribution in [2.45, 2.75) is 65.8 Å². The fourth-order valence-corrected chi connectivity index (χ4v) is 7.12. The molecule has 1 fully saturated rings. The molecule has 1 N–H and O–H groups in total. The largest absolute Gasteiger partial charge is 0.478 e. The van der Waals surface area contributed by atoms with Gasteiger partial charge in [-0.1, -0.05) is 81.2 Å². The lowest BCUT2D eigenvalue weighted by molar-refractivity contribution is 0.0697. The SMILES string of the molecule is C=C/C=C(\C=C/C)CN(Cc1ccc2nc(-c3sc(C)nc3C)ccc2c1)c1cc(C(=O)O)ccc1CC1CCCCC1. The van der Waals surface area contributed by atoms with Gasteiger partial charge in [0, 0.05) is 24.2 Å². The number of nitrogens with zero attached hydrogens (tertiary/aromatic N) is 3. The van der Waals surface area contributed by atoms with Gasteiger partial charge in [0.2, 0.25) is 0 Å². The highest BCUT2D eigenvalue weighted by Crippen LogP contribution is 2.34. The topological polar surface area (TPSA) is 66.3 Å². The molecule has 0 amide bonds. The minimum Gasteiger partial charge on any atom is -0.478 e. The Morgan fingerprint density at radius 3 is 2.58 bits per heavy atom. The van der Waals surface area contributed by atoms with E-state index in [1.54, 1.807) is 17.4 Å². The average molecular weight is 592 g/mol. The van der Waals surface area contributed by atoms with Crippen LogP contribution in [0.2, 0.25) is 0 Å². The van der Waals surface area contributed by atoms with Crippen molar-refractivity contribution in [2.24, 2.45) is 5.92 Å². The molecule has 0 aliphatic heterocycles. The van der Waals surface area contributed by atoms with Crippen LogP contribution >= 0.6 is 11.3 Å². The summed E-state index contributed by atoms with van der Waals surface area (Å²) in [5.74, 6) is -0.268. The highest BCUT2D eigenvalue weighted by molar-refractivity contribution is 7.15. The third-order valence-corrected chi connectivity index (χ3v) is 9.35. The predicted molar refractivity (Wildman–Crippen MR) is 180 cm³/mol. The fourth-order valence-electron chi connectivity index (χ4n) is 6.23. The summed E-state index contributed by atoms with van der Waals surface area (Å²) < 4.78 is 0. The summed E-state index contributed by atoms with van der Waals surface area (Å²) in [6.07, 6.45) is 15.3. The number of allylic oxidation sites excluding steroid dienone is 3. The molecule has 2 aromatic heterocycles. The minimum absolute atomic E-state index is 0.316. The summed E-state index contributed by atoms with van der Waals surface area (Å²) in [6.45, 7) is 11.3. The number of fused-ring (bicyclic) bond motifs is 1. The first-order chi connectivity index (χ1) is 20.8. The monoisotopic (exact) mass is 591 g/mol. The molecule has 1 aliphatic carbocycles. The number of carboxylic acids is 1. The van der Waals surface area contributed by atoms with Gasteiger partial charge in [-0.2, -0.15) is 0 Å². The minimum atomic E-state index is -0.903. The van der Waals surface area contributed by atoms with E-state index in [9.17, 15) is 9.90 Å². The van der Waals surface area contributed by atoms with Crippen molar-refractivity contribution in [1.29, 1.82) is 0 Å². The van der Waals surface area contributed by atoms with Crippen molar-refractivity contribution in [3.05, 3.63) is 112 Å². The van der Waals surface area contributed by atoms with Gasteiger partial charge in [-0.3, -0.25) is 0 Å². The Kier molecular flexibility index (Phi) is 9.88. The van der Waals surface area contributed by atoms with Gasteiger partial charge < -0.3 is 10.0 Å². The summed E-state index contributed by atoms with van der Waals surface area (Å²) in [5.41, 5.74) is 7.71. The lowest BCUT2D eigenvalue weighted by Gasteiger charge is -2.30. The molecule has 0 bridgehead atoms. The highest BCUT2D eigenvalue weighted by Gasteiger charge is 2.21. The van der Waals surface area contributed by atoms with Crippen LogP contribution < -0.4 is 4.90 Å². The lowest BCUT2D eigenvalue weighted by atomic mass is 9.84. The summed E-state index contributed by atoms with van der Waals surface area (Å²) >= 11 is 1.68. The molecule has 1 saturated carbocycles. The van der Waals surface area contributed by atoms with Crippen molar-refractivity contribution < 1.29 is 9.90 Å². The van der Waals surface area contributed by atoms with Crippen molar-refractivity contribution in [3.8, 4) is 10.6 Å². The molecule has 5 rings (SSSR count). The first kappa shape index (κ1) is 30.4. The van der Waals surface area contributed by atoms with Crippen molar-refractivity contribution in [2.75, 3.05) is 11.4 Å². The van der Waals surface area contributed by atoms with Crippen molar-refractivity contribution in [3.63, 3.8) is 0 Å². The van der Waals surface area contributed by atoms with Gasteiger partial charge in [0.25, 0.3) is 0 Å². The fraction of sp³-hybridized carbons (Fsp3) is 0.324. The molecular formula is C37H41N3O2S. The van der Waals surface area contributed by atoms with Gasteiger partial charge in [0.15, 0.2) is 0 Å². The maximum Gasteiger partial charge on any atom is 0.335 e. The summed E-state index contributed by atoms with van der Waals surface area (Å²) in [4.78, 5) is 25.1. The number of hydrogen-bond donors (Lipinski definition) is 1. The smallest absolute Gasteiger partial charge is 0.335 e. The molecule has 4 aromatic rings. The number of carboxylic acid groups (broad SMARTS) is 1. The van der Waals surface area contributed by atoms with Gasteiger partial charge in [0.1, 0.15) is 0 Å². The second kappa shape index (κ2) is 14.0. The van der Waals surface area contributed by atoms with Crippen LogP contribution in [0.4, 0.5) is 5.69 Å². The standard InChI is InChI=1S/C37H41N3O2S/c1-5-10-28(11-6-2)23-40(35-22-32(37(41)42)16-15-31(35)20-27-12-8-7-9-13-27)24-29-14-18-33-30(21-29)17-19-34(39-33)36-25(3)38-26(4)43-36/h5-6,10-11,14-19,21-22,27H,1,7-9,12-13,20,23-24H2,2-4H3,(H,41,42)/b11-6-,28-10+. The van der Waals surface area contributed by atoms with Crippen LogP contribution in [0.5, 0.6) is 0 Å². The quantitative estimate of drug-likeness (QED) is 0.176. The lowest BCUT2D eigenvalue weighted by Crippen LogP contribution is -2.27. The molecule has 0 atom stereocenters. The maximum atomic E-state index is 12.1. The molecule has 222 valence electrons. The van der Waals surface area contributed by atoms with E-state index in [0.29, 0.717) is 24.6 Å². The Bertz CT molecular complexity index is 1680. The number of thiazole rings is 1. The first-order valence-corrected chi connectivity index (χ1v) is 16.1. The molecule has 0 unspecified atom stereocenters. The number of aromatic nitrogens is 2. The second-order valence-electron chi connectivity index (χ2n) is 11.6. The Morgan fingerprint density at radius 2 is 1.88 bits per heavy atom. The van der Waals surface area contributed by atoms with Gasteiger partial charge in [-0.15, -0.1) is 11.3 Å². The van der Waals surface area contributed by atoms with Gasteiger partial charge in [0.05, 0.1) is 32.4 Å². The first-order valence-electron chi connectivity index (χ1n) is 15.2. The molecule has 6 heteroatoms. The predicted octanol–water partition coefficient (Wildman–Crippen LogP) is 9.49. The van der Waals surface area contributed by atoms with Gasteiger partial charge in [-0.05, 0) is 80.1 Å². The number of rotatable bonds is 11. The Hall–Kier alpha value is -4.03. The van der Waals surface area contributed by atoms with E-state index in [4.69, 9.17) is 4.98 Å². The van der Waals surface area contributed by atoms with Crippen molar-refractivity contribution >= 4 is 33.9 Å². The number of aryl methyl sites for hydroxylation is 2. The zero-order valence-corrected chi connectivity index (χ0v) is 26.3. The van der Waals surface area contributed by atoms with Gasteiger partial charge in [-0.25, -0.2) is 14.8 Å². The molecule has 2 aromatic carbocycles. The summed E-state index contributed by atoms with van der Waals surface area (Å²) in [5, 5.41) is 12.0. The number of carbonyl (C=O) groups is 1. The summed E-state index contributed by atoms with van der Waals surface area (Å²) in [7, 11) is 0. The van der Waals surface area contributed by atoms with Crippen LogP contribution in [0.25, 0.3) is 21.5 Å². The number of anilines is 1. The normalized spacial score (nSPS) is 14.4. The van der Waals surface area contributed by atoms with E-state index in [2.05, 4.69) is 52.9 Å². The molecule has 1 aliphatic rings. The van der Waals surface area contributed by atoms with E-state index >= 15 is 0 Å². The molecule has 5 nitrogen and oxygen atoms in total.